The molecule has 144 valence electrons. The molecule has 9 heteroatoms. The second-order valence-corrected chi connectivity index (χ2v) is 5.65. The first-order valence-electron chi connectivity index (χ1n) is 8.26. The quantitative estimate of drug-likeness (QED) is 0.310. The van der Waals surface area contributed by atoms with E-state index in [1.54, 1.807) is 18.2 Å². The number of benzene rings is 2. The van der Waals surface area contributed by atoms with Crippen molar-refractivity contribution >= 4 is 17.3 Å². The van der Waals surface area contributed by atoms with Crippen LogP contribution in [0.2, 0.25) is 0 Å². The number of ether oxygens (including phenoxy) is 2. The van der Waals surface area contributed by atoms with E-state index >= 15 is 0 Å². The fraction of sp³-hybridized carbons (Fsp3) is 0.278. The van der Waals surface area contributed by atoms with E-state index in [1.807, 2.05) is 12.1 Å². The van der Waals surface area contributed by atoms with Gasteiger partial charge in [-0.25, -0.2) is 0 Å². The number of nitrogens with zero attached hydrogens (tertiary/aromatic N) is 1. The average molecular weight is 374 g/mol. The summed E-state index contributed by atoms with van der Waals surface area (Å²) < 4.78 is 10.6. The van der Waals surface area contributed by atoms with E-state index < -0.39 is 10.8 Å². The molecule has 9 nitrogen and oxygen atoms in total. The maximum absolute atomic E-state index is 10.8. The van der Waals surface area contributed by atoms with Crippen LogP contribution in [0.1, 0.15) is 5.56 Å². The van der Waals surface area contributed by atoms with E-state index in [-0.39, 0.29) is 12.3 Å². The maximum atomic E-state index is 10.8. The molecule has 4 N–H and O–H groups in total. The minimum atomic E-state index is -0.552. The molecular weight excluding hydrogens is 352 g/mol. The third-order valence-electron chi connectivity index (χ3n) is 3.64. The third kappa shape index (κ3) is 6.48. The number of nitro benzene ring substituents is 1. The number of amides is 1. The first-order valence-corrected chi connectivity index (χ1v) is 8.26. The van der Waals surface area contributed by atoms with E-state index in [0.29, 0.717) is 31.1 Å². The summed E-state index contributed by atoms with van der Waals surface area (Å²) in [4.78, 5) is 21.0. The van der Waals surface area contributed by atoms with Gasteiger partial charge >= 0.3 is 0 Å². The lowest BCUT2D eigenvalue weighted by Crippen LogP contribution is -2.22. The fourth-order valence-corrected chi connectivity index (χ4v) is 2.32. The zero-order valence-electron chi connectivity index (χ0n) is 14.9. The third-order valence-corrected chi connectivity index (χ3v) is 3.64. The van der Waals surface area contributed by atoms with Crippen molar-refractivity contribution in [2.24, 2.45) is 5.73 Å². The molecule has 0 saturated carbocycles. The number of hydrogen-bond donors (Lipinski definition) is 3. The highest BCUT2D eigenvalue weighted by atomic mass is 16.6. The Morgan fingerprint density at radius 1 is 1.15 bits per heavy atom. The molecule has 0 saturated heterocycles. The van der Waals surface area contributed by atoms with Gasteiger partial charge in [0.05, 0.1) is 12.0 Å². The lowest BCUT2D eigenvalue weighted by Gasteiger charge is -2.12. The molecule has 27 heavy (non-hydrogen) atoms. The van der Waals surface area contributed by atoms with Gasteiger partial charge in [-0.3, -0.25) is 14.9 Å². The Morgan fingerprint density at radius 2 is 1.89 bits per heavy atom. The second-order valence-electron chi connectivity index (χ2n) is 5.65. The number of carbonyl (C=O) groups is 1. The second kappa shape index (κ2) is 9.97. The number of hydrogen-bond acceptors (Lipinski definition) is 7. The normalized spacial score (nSPS) is 10.3. The smallest absolute Gasteiger partial charge is 0.269 e. The van der Waals surface area contributed by atoms with Gasteiger partial charge in [0.2, 0.25) is 0 Å². The molecule has 0 aromatic heterocycles. The van der Waals surface area contributed by atoms with Crippen LogP contribution < -0.4 is 25.8 Å². The SMILES string of the molecule is COc1cc(CNCCNc2ccc([N+](=O)[O-])cc2)ccc1OCC(N)=O. The Bertz CT molecular complexity index is 780. The molecule has 0 atom stereocenters. The molecule has 0 aliphatic rings. The monoisotopic (exact) mass is 374 g/mol. The number of nitrogens with one attached hydrogen (secondary N) is 2. The van der Waals surface area contributed by atoms with Crippen molar-refractivity contribution in [3.05, 3.63) is 58.1 Å². The van der Waals surface area contributed by atoms with Gasteiger partial charge in [0, 0.05) is 37.5 Å². The van der Waals surface area contributed by atoms with Crippen LogP contribution in [0.5, 0.6) is 11.5 Å². The summed E-state index contributed by atoms with van der Waals surface area (Å²) in [5.41, 5.74) is 6.95. The molecule has 0 fully saturated rings. The molecule has 0 bridgehead atoms. The minimum absolute atomic E-state index is 0.0656. The summed E-state index contributed by atoms with van der Waals surface area (Å²) >= 11 is 0. The van der Waals surface area contributed by atoms with Crippen LogP contribution in [0.25, 0.3) is 0 Å². The number of methoxy groups -OCH3 is 1. The van der Waals surface area contributed by atoms with Gasteiger partial charge in [-0.2, -0.15) is 0 Å². The standard InChI is InChI=1S/C18H22N4O5/c1-26-17-10-13(2-7-16(17)27-12-18(19)23)11-20-8-9-21-14-3-5-15(6-4-14)22(24)25/h2-7,10,20-21H,8-9,11-12H2,1H3,(H2,19,23). The van der Waals surface area contributed by atoms with Crippen LogP contribution in [0.15, 0.2) is 42.5 Å². The highest BCUT2D eigenvalue weighted by Crippen LogP contribution is 2.27. The van der Waals surface area contributed by atoms with Crippen LogP contribution in [-0.2, 0) is 11.3 Å². The number of rotatable bonds is 11. The summed E-state index contributed by atoms with van der Waals surface area (Å²) in [6.07, 6.45) is 0. The molecule has 2 aromatic carbocycles. The van der Waals surface area contributed by atoms with Crippen molar-refractivity contribution in [3.8, 4) is 11.5 Å². The minimum Gasteiger partial charge on any atom is -0.493 e. The molecule has 1 amide bonds. The van der Waals surface area contributed by atoms with E-state index in [0.717, 1.165) is 11.3 Å². The average Bonchev–Trinajstić information content (AvgIpc) is 2.66. The summed E-state index contributed by atoms with van der Waals surface area (Å²) in [6.45, 7) is 1.77. The number of nitro groups is 1. The highest BCUT2D eigenvalue weighted by molar-refractivity contribution is 5.75. The van der Waals surface area contributed by atoms with Crippen LogP contribution in [0.4, 0.5) is 11.4 Å². The van der Waals surface area contributed by atoms with Crippen molar-refractivity contribution in [2.45, 2.75) is 6.54 Å². The molecule has 0 aliphatic carbocycles. The van der Waals surface area contributed by atoms with Crippen molar-refractivity contribution in [1.82, 2.24) is 5.32 Å². The van der Waals surface area contributed by atoms with Gasteiger partial charge in [-0.05, 0) is 29.8 Å². The Hall–Kier alpha value is -3.33. The maximum Gasteiger partial charge on any atom is 0.269 e. The van der Waals surface area contributed by atoms with Crippen LogP contribution in [0, 0.1) is 10.1 Å². The van der Waals surface area contributed by atoms with Gasteiger partial charge in [-0.1, -0.05) is 6.07 Å². The van der Waals surface area contributed by atoms with E-state index in [2.05, 4.69) is 10.6 Å². The predicted molar refractivity (Wildman–Crippen MR) is 101 cm³/mol. The van der Waals surface area contributed by atoms with Gasteiger partial charge < -0.3 is 25.8 Å². The zero-order valence-corrected chi connectivity index (χ0v) is 14.9. The Balaban J connectivity index is 1.76. The van der Waals surface area contributed by atoms with Crippen LogP contribution in [0.3, 0.4) is 0 Å². The largest absolute Gasteiger partial charge is 0.493 e. The number of anilines is 1. The predicted octanol–water partition coefficient (Wildman–Crippen LogP) is 1.67. The van der Waals surface area contributed by atoms with Gasteiger partial charge in [-0.15, -0.1) is 0 Å². The molecule has 0 unspecified atom stereocenters. The Morgan fingerprint density at radius 3 is 2.52 bits per heavy atom. The van der Waals surface area contributed by atoms with E-state index in [1.165, 1.54) is 19.2 Å². The molecule has 0 heterocycles. The Kier molecular flexibility index (Phi) is 7.38. The molecule has 0 radical (unpaired) electrons. The molecule has 0 spiro atoms. The van der Waals surface area contributed by atoms with Crippen molar-refractivity contribution in [3.63, 3.8) is 0 Å². The number of non-ortho nitro benzene ring substituents is 1. The number of nitrogens with two attached hydrogens (primary N) is 1. The van der Waals surface area contributed by atoms with Crippen molar-refractivity contribution in [1.29, 1.82) is 0 Å². The lowest BCUT2D eigenvalue weighted by molar-refractivity contribution is -0.384. The number of primary amides is 1. The molecule has 0 aliphatic heterocycles. The molecular formula is C18H22N4O5. The Labute approximate surface area is 156 Å². The lowest BCUT2D eigenvalue weighted by atomic mass is 10.2. The molecule has 2 rings (SSSR count). The van der Waals surface area contributed by atoms with Gasteiger partial charge in [0.15, 0.2) is 18.1 Å². The van der Waals surface area contributed by atoms with E-state index in [9.17, 15) is 14.9 Å². The fourth-order valence-electron chi connectivity index (χ4n) is 2.32. The van der Waals surface area contributed by atoms with Crippen molar-refractivity contribution < 1.29 is 19.2 Å². The highest BCUT2D eigenvalue weighted by Gasteiger charge is 2.07. The first-order chi connectivity index (χ1) is 13.0. The summed E-state index contributed by atoms with van der Waals surface area (Å²) in [5, 5.41) is 17.1. The first kappa shape index (κ1) is 20.0. The van der Waals surface area contributed by atoms with Gasteiger partial charge in [0.1, 0.15) is 0 Å². The summed E-state index contributed by atoms with van der Waals surface area (Å²) in [7, 11) is 1.53. The van der Waals surface area contributed by atoms with Crippen LogP contribution >= 0.6 is 0 Å². The summed E-state index contributed by atoms with van der Waals surface area (Å²) in [5.74, 6) is 0.433. The van der Waals surface area contributed by atoms with E-state index in [4.69, 9.17) is 15.2 Å². The van der Waals surface area contributed by atoms with Crippen molar-refractivity contribution in [2.75, 3.05) is 32.1 Å². The molecule has 2 aromatic rings. The summed E-state index contributed by atoms with van der Waals surface area (Å²) in [6, 6.07) is 11.7. The van der Waals surface area contributed by atoms with Crippen LogP contribution in [-0.4, -0.2) is 37.6 Å². The number of carbonyl (C=O) groups excluding carboxylic acids is 1. The topological polar surface area (TPSA) is 129 Å². The van der Waals surface area contributed by atoms with Gasteiger partial charge in [0.25, 0.3) is 11.6 Å². The zero-order chi connectivity index (χ0) is 19.6.